The van der Waals surface area contributed by atoms with E-state index in [1.54, 1.807) is 6.92 Å². The van der Waals surface area contributed by atoms with Gasteiger partial charge in [0.15, 0.2) is 18.3 Å². The van der Waals surface area contributed by atoms with E-state index in [2.05, 4.69) is 0 Å². The van der Waals surface area contributed by atoms with Crippen molar-refractivity contribution in [3.63, 3.8) is 0 Å². The van der Waals surface area contributed by atoms with Gasteiger partial charge in [0.2, 0.25) is 0 Å². The molecule has 21 heavy (non-hydrogen) atoms. The summed E-state index contributed by atoms with van der Waals surface area (Å²) < 4.78 is 15.3. The third-order valence-corrected chi connectivity index (χ3v) is 2.76. The minimum Gasteiger partial charge on any atom is -0.508 e. The first-order valence-electron chi connectivity index (χ1n) is 6.45. The van der Waals surface area contributed by atoms with Crippen molar-refractivity contribution in [2.75, 3.05) is 20.0 Å². The van der Waals surface area contributed by atoms with Crippen molar-refractivity contribution in [1.29, 1.82) is 0 Å². The second kappa shape index (κ2) is 8.16. The van der Waals surface area contributed by atoms with E-state index in [1.165, 1.54) is 18.2 Å². The SMILES string of the molecule is CC(C)=C(C)C(=O)OCCOCOc1ccc(O)cc1O. The van der Waals surface area contributed by atoms with E-state index in [1.807, 2.05) is 13.8 Å². The Morgan fingerprint density at radius 2 is 1.86 bits per heavy atom. The van der Waals surface area contributed by atoms with E-state index in [4.69, 9.17) is 19.3 Å². The third kappa shape index (κ3) is 5.74. The number of esters is 1. The fourth-order valence-electron chi connectivity index (χ4n) is 1.30. The molecule has 0 aliphatic rings. The van der Waals surface area contributed by atoms with Crippen molar-refractivity contribution in [1.82, 2.24) is 0 Å². The third-order valence-electron chi connectivity index (χ3n) is 2.76. The minimum absolute atomic E-state index is 0.0534. The highest BCUT2D eigenvalue weighted by molar-refractivity contribution is 5.88. The number of ether oxygens (including phenoxy) is 3. The summed E-state index contributed by atoms with van der Waals surface area (Å²) in [6, 6.07) is 3.98. The van der Waals surface area contributed by atoms with Crippen LogP contribution in [0, 0.1) is 0 Å². The van der Waals surface area contributed by atoms with Crippen molar-refractivity contribution in [3.05, 3.63) is 29.3 Å². The van der Waals surface area contributed by atoms with Crippen LogP contribution in [0.4, 0.5) is 0 Å². The molecule has 0 bridgehead atoms. The molecule has 0 spiro atoms. The van der Waals surface area contributed by atoms with Gasteiger partial charge in [-0.05, 0) is 32.9 Å². The first-order chi connectivity index (χ1) is 9.91. The zero-order valence-corrected chi connectivity index (χ0v) is 12.4. The van der Waals surface area contributed by atoms with E-state index in [0.29, 0.717) is 5.57 Å². The van der Waals surface area contributed by atoms with Crippen LogP contribution in [0.3, 0.4) is 0 Å². The fraction of sp³-hybridized carbons (Fsp3) is 0.400. The second-order valence-electron chi connectivity index (χ2n) is 4.58. The molecule has 0 saturated heterocycles. The number of rotatable bonds is 7. The van der Waals surface area contributed by atoms with Crippen LogP contribution >= 0.6 is 0 Å². The summed E-state index contributed by atoms with van der Waals surface area (Å²) in [5.41, 5.74) is 1.49. The van der Waals surface area contributed by atoms with Crippen LogP contribution in [-0.2, 0) is 14.3 Å². The van der Waals surface area contributed by atoms with Crippen molar-refractivity contribution in [2.24, 2.45) is 0 Å². The van der Waals surface area contributed by atoms with Gasteiger partial charge < -0.3 is 24.4 Å². The Morgan fingerprint density at radius 3 is 2.48 bits per heavy atom. The molecule has 6 heteroatoms. The summed E-state index contributed by atoms with van der Waals surface area (Å²) >= 11 is 0. The summed E-state index contributed by atoms with van der Waals surface area (Å²) in [4.78, 5) is 11.5. The number of hydrogen-bond donors (Lipinski definition) is 2. The summed E-state index contributed by atoms with van der Waals surface area (Å²) in [5, 5.41) is 18.6. The lowest BCUT2D eigenvalue weighted by atomic mass is 10.2. The molecule has 1 aromatic rings. The van der Waals surface area contributed by atoms with Crippen LogP contribution in [0.2, 0.25) is 0 Å². The monoisotopic (exact) mass is 296 g/mol. The normalized spacial score (nSPS) is 10.0. The number of carbonyl (C=O) groups excluding carboxylic acids is 1. The largest absolute Gasteiger partial charge is 0.508 e. The number of allylic oxidation sites excluding steroid dienone is 1. The van der Waals surface area contributed by atoms with Crippen LogP contribution in [0.15, 0.2) is 29.3 Å². The highest BCUT2D eigenvalue weighted by atomic mass is 16.7. The van der Waals surface area contributed by atoms with Crippen LogP contribution in [0.25, 0.3) is 0 Å². The second-order valence-corrected chi connectivity index (χ2v) is 4.58. The van der Waals surface area contributed by atoms with Gasteiger partial charge in [-0.3, -0.25) is 0 Å². The Bertz CT molecular complexity index is 517. The number of phenols is 2. The van der Waals surface area contributed by atoms with Crippen molar-refractivity contribution >= 4 is 5.97 Å². The summed E-state index contributed by atoms with van der Waals surface area (Å²) in [6.07, 6.45) is 0. The van der Waals surface area contributed by atoms with Crippen molar-refractivity contribution in [2.45, 2.75) is 20.8 Å². The Hall–Kier alpha value is -2.21. The van der Waals surface area contributed by atoms with Gasteiger partial charge in [-0.25, -0.2) is 4.79 Å². The topological polar surface area (TPSA) is 85.2 Å². The van der Waals surface area contributed by atoms with Gasteiger partial charge in [0.05, 0.1) is 6.61 Å². The van der Waals surface area contributed by atoms with Crippen LogP contribution in [0.5, 0.6) is 17.2 Å². The smallest absolute Gasteiger partial charge is 0.333 e. The molecule has 1 rings (SSSR count). The Kier molecular flexibility index (Phi) is 6.55. The van der Waals surface area contributed by atoms with E-state index in [0.717, 1.165) is 5.57 Å². The van der Waals surface area contributed by atoms with Gasteiger partial charge in [-0.2, -0.15) is 0 Å². The first-order valence-corrected chi connectivity index (χ1v) is 6.45. The average Bonchev–Trinajstić information content (AvgIpc) is 2.43. The zero-order chi connectivity index (χ0) is 15.8. The molecule has 0 radical (unpaired) electrons. The molecule has 0 aliphatic heterocycles. The van der Waals surface area contributed by atoms with Crippen molar-refractivity contribution < 1.29 is 29.2 Å². The highest BCUT2D eigenvalue weighted by Gasteiger charge is 2.07. The average molecular weight is 296 g/mol. The number of benzene rings is 1. The summed E-state index contributed by atoms with van der Waals surface area (Å²) in [7, 11) is 0. The number of hydrogen-bond acceptors (Lipinski definition) is 6. The van der Waals surface area contributed by atoms with E-state index < -0.39 is 0 Å². The molecule has 0 atom stereocenters. The van der Waals surface area contributed by atoms with Crippen LogP contribution in [0.1, 0.15) is 20.8 Å². The maximum Gasteiger partial charge on any atom is 0.333 e. The molecule has 6 nitrogen and oxygen atoms in total. The number of carbonyl (C=O) groups is 1. The molecule has 0 saturated carbocycles. The lowest BCUT2D eigenvalue weighted by Crippen LogP contribution is -2.13. The lowest BCUT2D eigenvalue weighted by Gasteiger charge is -2.09. The van der Waals surface area contributed by atoms with Crippen molar-refractivity contribution in [3.8, 4) is 17.2 Å². The molecule has 0 amide bonds. The maximum absolute atomic E-state index is 11.5. The molecule has 1 aromatic carbocycles. The molecular weight excluding hydrogens is 276 g/mol. The molecule has 2 N–H and O–H groups in total. The Morgan fingerprint density at radius 1 is 1.14 bits per heavy atom. The molecule has 0 fully saturated rings. The first kappa shape index (κ1) is 16.8. The maximum atomic E-state index is 11.5. The summed E-state index contributed by atoms with van der Waals surface area (Å²) in [6.45, 7) is 5.58. The van der Waals surface area contributed by atoms with Gasteiger partial charge in [0.1, 0.15) is 12.4 Å². The molecule has 0 heterocycles. The van der Waals surface area contributed by atoms with Gasteiger partial charge >= 0.3 is 5.97 Å². The van der Waals surface area contributed by atoms with Gasteiger partial charge in [0, 0.05) is 11.6 Å². The molecule has 0 aromatic heterocycles. The molecule has 0 aliphatic carbocycles. The van der Waals surface area contributed by atoms with Gasteiger partial charge in [-0.15, -0.1) is 0 Å². The lowest BCUT2D eigenvalue weighted by molar-refractivity contribution is -0.141. The molecule has 116 valence electrons. The predicted molar refractivity (Wildman–Crippen MR) is 76.2 cm³/mol. The van der Waals surface area contributed by atoms with Crippen LogP contribution in [-0.4, -0.2) is 36.2 Å². The fourth-order valence-corrected chi connectivity index (χ4v) is 1.30. The van der Waals surface area contributed by atoms with Crippen LogP contribution < -0.4 is 4.74 Å². The zero-order valence-electron chi connectivity index (χ0n) is 12.4. The standard InChI is InChI=1S/C15H20O6/c1-10(2)11(3)15(18)20-7-6-19-9-21-14-5-4-12(16)8-13(14)17/h4-5,8,16-17H,6-7,9H2,1-3H3. The summed E-state index contributed by atoms with van der Waals surface area (Å²) in [5.74, 6) is -0.396. The van der Waals surface area contributed by atoms with Gasteiger partial charge in [-0.1, -0.05) is 5.57 Å². The van der Waals surface area contributed by atoms with E-state index in [9.17, 15) is 9.90 Å². The van der Waals surface area contributed by atoms with E-state index >= 15 is 0 Å². The van der Waals surface area contributed by atoms with E-state index in [-0.39, 0.29) is 43.2 Å². The quantitative estimate of drug-likeness (QED) is 0.348. The number of phenolic OH excluding ortho intramolecular Hbond substituents is 2. The van der Waals surface area contributed by atoms with Gasteiger partial charge in [0.25, 0.3) is 0 Å². The number of aromatic hydroxyl groups is 2. The highest BCUT2D eigenvalue weighted by Crippen LogP contribution is 2.29. The predicted octanol–water partition coefficient (Wildman–Crippen LogP) is 2.35. The minimum atomic E-state index is -0.365. The Balaban J connectivity index is 2.21. The molecular formula is C15H20O6. The Labute approximate surface area is 123 Å². The molecule has 0 unspecified atom stereocenters.